The lowest BCUT2D eigenvalue weighted by Gasteiger charge is -2.23. The van der Waals surface area contributed by atoms with Gasteiger partial charge in [-0.3, -0.25) is 24.5 Å². The molecule has 0 aliphatic heterocycles. The number of aromatic nitrogens is 4. The molecule has 0 spiro atoms. The predicted octanol–water partition coefficient (Wildman–Crippen LogP) is 0.641. The van der Waals surface area contributed by atoms with E-state index in [1.807, 2.05) is 44.2 Å². The van der Waals surface area contributed by atoms with Gasteiger partial charge in [0.05, 0.1) is 19.5 Å². The second kappa shape index (κ2) is 12.5. The average molecular weight is 504 g/mol. The van der Waals surface area contributed by atoms with Crippen LogP contribution in [-0.2, 0) is 32.3 Å². The molecule has 0 radical (unpaired) electrons. The predicted molar refractivity (Wildman–Crippen MR) is 132 cm³/mol. The minimum absolute atomic E-state index is 0.0559. The Morgan fingerprint density at radius 2 is 2.03 bits per heavy atom. The molecule has 0 aliphatic rings. The largest absolute Gasteiger partial charge is 0.462 e. The number of carbonyl (C=O) groups excluding carboxylic acids is 1. The van der Waals surface area contributed by atoms with Gasteiger partial charge in [0.25, 0.3) is 5.56 Å². The van der Waals surface area contributed by atoms with E-state index in [0.717, 1.165) is 5.56 Å². The van der Waals surface area contributed by atoms with Crippen LogP contribution in [0.5, 0.6) is 0 Å². The first kappa shape index (κ1) is 26.5. The molecule has 2 aromatic heterocycles. The van der Waals surface area contributed by atoms with Crippen molar-refractivity contribution < 1.29 is 24.1 Å². The van der Waals surface area contributed by atoms with Gasteiger partial charge in [-0.15, -0.1) is 0 Å². The number of H-pyrrole nitrogens is 1. The van der Waals surface area contributed by atoms with Crippen molar-refractivity contribution >= 4 is 37.5 Å². The van der Waals surface area contributed by atoms with Crippen LogP contribution in [0.4, 0.5) is 5.95 Å². The number of hydrogen-bond donors (Lipinski definition) is 4. The summed E-state index contributed by atoms with van der Waals surface area (Å²) in [6, 6.07) is 8.90. The first-order chi connectivity index (χ1) is 16.8. The summed E-state index contributed by atoms with van der Waals surface area (Å²) in [6.07, 6.45) is 0.554. The Hall–Kier alpha value is -3.15. The van der Waals surface area contributed by atoms with Crippen LogP contribution in [0.2, 0.25) is 0 Å². The molecule has 0 bridgehead atoms. The number of carbonyl (C=O) groups is 1. The van der Waals surface area contributed by atoms with Crippen molar-refractivity contribution in [1.82, 2.24) is 24.8 Å². The van der Waals surface area contributed by atoms with Crippen LogP contribution in [0.15, 0.2) is 41.5 Å². The van der Waals surface area contributed by atoms with Crippen molar-refractivity contribution in [1.29, 1.82) is 0 Å². The Morgan fingerprint density at radius 1 is 1.29 bits per heavy atom. The molecular formula is C22H29N6O6P. The molecule has 35 heavy (non-hydrogen) atoms. The van der Waals surface area contributed by atoms with Crippen LogP contribution in [0.3, 0.4) is 0 Å². The quantitative estimate of drug-likeness (QED) is 0.192. The molecule has 2 atom stereocenters. The fourth-order valence-electron chi connectivity index (χ4n) is 3.08. The van der Waals surface area contributed by atoms with Crippen molar-refractivity contribution in [3.63, 3.8) is 0 Å². The third kappa shape index (κ3) is 7.41. The standard InChI is InChI=1S/C22H29N6O6P/c1-13(2)16(25-22(35)33-9-14-6-4-3-5-7-14)20(31)32-10-15(8-29)34-12-28-11-24-17-18(28)26-21(23)27-19(17)30/h3-7,11,13,15-16,25,29,35H,8-10,12H2,1-2H3,(H3,23,26,27,30). The molecule has 5 N–H and O–H groups in total. The van der Waals surface area contributed by atoms with Gasteiger partial charge in [0.15, 0.2) is 11.2 Å². The van der Waals surface area contributed by atoms with E-state index in [-0.39, 0.29) is 36.4 Å². The van der Waals surface area contributed by atoms with Crippen molar-refractivity contribution in [3.05, 3.63) is 52.6 Å². The number of esters is 1. The van der Waals surface area contributed by atoms with Crippen molar-refractivity contribution in [2.24, 2.45) is 5.92 Å². The molecule has 0 aliphatic carbocycles. The summed E-state index contributed by atoms with van der Waals surface area (Å²) in [6.45, 7) is 3.37. The highest BCUT2D eigenvalue weighted by Gasteiger charge is 2.26. The zero-order valence-electron chi connectivity index (χ0n) is 19.4. The Morgan fingerprint density at radius 3 is 2.71 bits per heavy atom. The van der Waals surface area contributed by atoms with Gasteiger partial charge in [0, 0.05) is 0 Å². The summed E-state index contributed by atoms with van der Waals surface area (Å²) in [7, 11) is 3.36. The third-order valence-corrected chi connectivity index (χ3v) is 5.28. The summed E-state index contributed by atoms with van der Waals surface area (Å²) < 4.78 is 18.1. The molecule has 188 valence electrons. The SMILES string of the molecule is CC(C)C(NC(=P)OCc1ccccc1)C(=O)OCC(CO)OCn1cnc2c(=O)[nH]c(N)nc21. The third-order valence-electron chi connectivity index (χ3n) is 4.99. The van der Waals surface area contributed by atoms with Crippen LogP contribution in [0.25, 0.3) is 11.2 Å². The average Bonchev–Trinajstić information content (AvgIpc) is 3.24. The van der Waals surface area contributed by atoms with Crippen LogP contribution in [0.1, 0.15) is 19.4 Å². The van der Waals surface area contributed by atoms with Gasteiger partial charge >= 0.3 is 5.97 Å². The van der Waals surface area contributed by atoms with E-state index in [1.54, 1.807) is 0 Å². The summed E-state index contributed by atoms with van der Waals surface area (Å²) in [5.74, 6) is -0.704. The Kier molecular flexibility index (Phi) is 9.47. The number of imidazole rings is 1. The van der Waals surface area contributed by atoms with E-state index < -0.39 is 30.3 Å². The smallest absolute Gasteiger partial charge is 0.323 e. The first-order valence-electron chi connectivity index (χ1n) is 10.9. The molecule has 0 amide bonds. The van der Waals surface area contributed by atoms with Crippen LogP contribution < -0.4 is 16.6 Å². The minimum atomic E-state index is -0.815. The number of nitrogens with one attached hydrogen (secondary N) is 2. The number of rotatable bonds is 13. The summed E-state index contributed by atoms with van der Waals surface area (Å²) in [5.41, 5.74) is 6.73. The first-order valence-corrected chi connectivity index (χ1v) is 11.4. The molecular weight excluding hydrogens is 475 g/mol. The van der Waals surface area contributed by atoms with E-state index >= 15 is 0 Å². The van der Waals surface area contributed by atoms with E-state index in [2.05, 4.69) is 29.1 Å². The topological polar surface area (TPSA) is 167 Å². The highest BCUT2D eigenvalue weighted by molar-refractivity contribution is 7.20. The fraction of sp³-hybridized carbons (Fsp3) is 0.409. The number of nitrogens with zero attached hydrogens (tertiary/aromatic N) is 3. The Balaban J connectivity index is 1.51. The van der Waals surface area contributed by atoms with E-state index in [1.165, 1.54) is 10.9 Å². The lowest BCUT2D eigenvalue weighted by molar-refractivity contribution is -0.153. The fourth-order valence-corrected chi connectivity index (χ4v) is 3.31. The van der Waals surface area contributed by atoms with Crippen LogP contribution in [0, 0.1) is 5.92 Å². The maximum absolute atomic E-state index is 12.7. The van der Waals surface area contributed by atoms with E-state index in [0.29, 0.717) is 12.2 Å². The van der Waals surface area contributed by atoms with Gasteiger partial charge in [0.1, 0.15) is 31.1 Å². The Labute approximate surface area is 203 Å². The number of aliphatic hydroxyl groups excluding tert-OH is 1. The van der Waals surface area contributed by atoms with Gasteiger partial charge in [-0.25, -0.2) is 4.98 Å². The molecule has 0 fully saturated rings. The number of aromatic amines is 1. The number of ether oxygens (including phenoxy) is 3. The summed E-state index contributed by atoms with van der Waals surface area (Å²) in [4.78, 5) is 35.0. The minimum Gasteiger partial charge on any atom is -0.462 e. The molecule has 12 nitrogen and oxygen atoms in total. The highest BCUT2D eigenvalue weighted by Crippen LogP contribution is 2.10. The zero-order valence-corrected chi connectivity index (χ0v) is 20.4. The summed E-state index contributed by atoms with van der Waals surface area (Å²) >= 11 is 0. The molecule has 2 heterocycles. The Bertz CT molecular complexity index is 1200. The molecule has 13 heteroatoms. The molecule has 0 saturated carbocycles. The molecule has 0 saturated heterocycles. The van der Waals surface area contributed by atoms with Crippen molar-refractivity contribution in [2.45, 2.75) is 39.3 Å². The van der Waals surface area contributed by atoms with Crippen molar-refractivity contribution in [3.8, 4) is 0 Å². The number of hydrogen-bond acceptors (Lipinski definition) is 9. The van der Waals surface area contributed by atoms with Crippen LogP contribution in [-0.4, -0.2) is 61.6 Å². The maximum Gasteiger partial charge on any atom is 0.323 e. The van der Waals surface area contributed by atoms with Crippen molar-refractivity contribution in [2.75, 3.05) is 18.9 Å². The number of benzene rings is 1. The van der Waals surface area contributed by atoms with Gasteiger partial charge in [-0.05, 0) is 11.5 Å². The number of anilines is 1. The van der Waals surface area contributed by atoms with Gasteiger partial charge < -0.3 is 25.1 Å². The van der Waals surface area contributed by atoms with Gasteiger partial charge in [-0.2, -0.15) is 4.98 Å². The van der Waals surface area contributed by atoms with Gasteiger partial charge in [-0.1, -0.05) is 53.0 Å². The van der Waals surface area contributed by atoms with Gasteiger partial charge in [0.2, 0.25) is 5.95 Å². The molecule has 1 aromatic carbocycles. The number of nitrogens with two attached hydrogens (primary N) is 1. The maximum atomic E-state index is 12.7. The lowest BCUT2D eigenvalue weighted by Crippen LogP contribution is -2.46. The van der Waals surface area contributed by atoms with Crippen LogP contribution >= 0.6 is 8.86 Å². The molecule has 3 aromatic rings. The van der Waals surface area contributed by atoms with E-state index in [4.69, 9.17) is 19.9 Å². The lowest BCUT2D eigenvalue weighted by atomic mass is 10.1. The number of nitrogen functional groups attached to an aromatic ring is 1. The number of aliphatic hydroxyl groups is 1. The molecule has 2 unspecified atom stereocenters. The number of fused-ring (bicyclic) bond motifs is 1. The zero-order chi connectivity index (χ0) is 25.4. The monoisotopic (exact) mass is 504 g/mol. The molecule has 3 rings (SSSR count). The second-order valence-electron chi connectivity index (χ2n) is 8.04. The highest BCUT2D eigenvalue weighted by atomic mass is 31.0. The summed E-state index contributed by atoms with van der Waals surface area (Å²) in [5, 5.41) is 12.6. The van der Waals surface area contributed by atoms with E-state index in [9.17, 15) is 14.7 Å². The normalized spacial score (nSPS) is 13.1. The second-order valence-corrected chi connectivity index (χ2v) is 8.49.